The van der Waals surface area contributed by atoms with Crippen LogP contribution in [0.3, 0.4) is 0 Å². The van der Waals surface area contributed by atoms with Gasteiger partial charge in [-0.25, -0.2) is 0 Å². The lowest BCUT2D eigenvalue weighted by Crippen LogP contribution is -2.33. The zero-order valence-electron chi connectivity index (χ0n) is 17.1. The molecule has 162 valence electrons. The second kappa shape index (κ2) is 10.6. The Morgan fingerprint density at radius 3 is 2.59 bits per heavy atom. The average molecular weight is 481 g/mol. The Labute approximate surface area is 201 Å². The molecule has 1 amide bonds. The van der Waals surface area contributed by atoms with Gasteiger partial charge in [-0.3, -0.25) is 10.1 Å². The molecule has 4 aromatic rings. The monoisotopic (exact) mass is 480 g/mol. The molecule has 3 aromatic carbocycles. The zero-order valence-corrected chi connectivity index (χ0v) is 19.5. The maximum Gasteiger partial charge on any atom is 0.269 e. The first-order valence-electron chi connectivity index (χ1n) is 10.2. The van der Waals surface area contributed by atoms with Gasteiger partial charge in [0.05, 0.1) is 11.6 Å². The van der Waals surface area contributed by atoms with Crippen LogP contribution >= 0.6 is 35.2 Å². The van der Waals surface area contributed by atoms with Crippen LogP contribution < -0.4 is 15.4 Å². The lowest BCUT2D eigenvalue weighted by atomic mass is 10.1. The largest absolute Gasteiger partial charge is 0.494 e. The van der Waals surface area contributed by atoms with Crippen molar-refractivity contribution >= 4 is 61.9 Å². The average Bonchev–Trinajstić information content (AvgIpc) is 3.14. The minimum atomic E-state index is -0.331. The van der Waals surface area contributed by atoms with Crippen molar-refractivity contribution in [3.8, 4) is 5.75 Å². The number of rotatable bonds is 7. The van der Waals surface area contributed by atoms with Crippen molar-refractivity contribution in [2.24, 2.45) is 0 Å². The second-order valence-corrected chi connectivity index (χ2v) is 8.95. The molecule has 2 N–H and O–H groups in total. The van der Waals surface area contributed by atoms with Gasteiger partial charge in [-0.15, -0.1) is 11.3 Å². The number of ether oxygens (including phenoxy) is 1. The first-order valence-corrected chi connectivity index (χ1v) is 11.8. The van der Waals surface area contributed by atoms with Gasteiger partial charge in [0, 0.05) is 21.8 Å². The van der Waals surface area contributed by atoms with E-state index in [0.717, 1.165) is 34.4 Å². The van der Waals surface area contributed by atoms with E-state index in [9.17, 15) is 4.79 Å². The molecule has 4 rings (SSSR count). The summed E-state index contributed by atoms with van der Waals surface area (Å²) in [5.41, 5.74) is 2.03. The summed E-state index contributed by atoms with van der Waals surface area (Å²) in [6.07, 6.45) is 1.89. The van der Waals surface area contributed by atoms with Gasteiger partial charge in [-0.1, -0.05) is 66.2 Å². The van der Waals surface area contributed by atoms with Gasteiger partial charge >= 0.3 is 0 Å². The molecule has 0 atom stereocenters. The number of thiophene rings is 1. The summed E-state index contributed by atoms with van der Waals surface area (Å²) in [6, 6.07) is 25.5. The third-order valence-corrected chi connectivity index (χ3v) is 6.66. The molecule has 4 nitrogen and oxygen atoms in total. The van der Waals surface area contributed by atoms with E-state index < -0.39 is 0 Å². The van der Waals surface area contributed by atoms with Crippen molar-refractivity contribution in [1.29, 1.82) is 0 Å². The summed E-state index contributed by atoms with van der Waals surface area (Å²) >= 11 is 13.0. The van der Waals surface area contributed by atoms with Crippen molar-refractivity contribution in [1.82, 2.24) is 5.32 Å². The van der Waals surface area contributed by atoms with Crippen LogP contribution in [-0.4, -0.2) is 17.6 Å². The number of amides is 1. The van der Waals surface area contributed by atoms with Crippen molar-refractivity contribution in [3.05, 3.63) is 94.3 Å². The molecule has 0 saturated heterocycles. The summed E-state index contributed by atoms with van der Waals surface area (Å²) in [5.74, 6) is 0.409. The normalized spacial score (nSPS) is 10.7. The molecule has 0 spiro atoms. The standard InChI is InChI=1S/C25H21ClN2O2S2/c26-22-20-13-4-5-14-21(20)32-23(22)24(29)28-25(31)27-18-11-6-12-19(16-18)30-15-7-10-17-8-2-1-3-9-17/h1-6,8-9,11-14,16H,7,10,15H2,(H2,27,28,29,31). The van der Waals surface area contributed by atoms with Gasteiger partial charge in [-0.2, -0.15) is 0 Å². The fraction of sp³-hybridized carbons (Fsp3) is 0.120. The minimum Gasteiger partial charge on any atom is -0.494 e. The lowest BCUT2D eigenvalue weighted by Gasteiger charge is -2.11. The fourth-order valence-electron chi connectivity index (χ4n) is 3.26. The molecule has 0 aliphatic rings. The van der Waals surface area contributed by atoms with Crippen molar-refractivity contribution in [2.75, 3.05) is 11.9 Å². The van der Waals surface area contributed by atoms with Gasteiger partial charge < -0.3 is 10.1 Å². The van der Waals surface area contributed by atoms with E-state index >= 15 is 0 Å². The molecule has 0 radical (unpaired) electrons. The molecule has 0 aliphatic carbocycles. The predicted molar refractivity (Wildman–Crippen MR) is 137 cm³/mol. The summed E-state index contributed by atoms with van der Waals surface area (Å²) in [7, 11) is 0. The van der Waals surface area contributed by atoms with Crippen LogP contribution in [0, 0.1) is 0 Å². The van der Waals surface area contributed by atoms with Crippen molar-refractivity contribution in [2.45, 2.75) is 12.8 Å². The molecule has 0 unspecified atom stereocenters. The van der Waals surface area contributed by atoms with E-state index in [1.807, 2.05) is 66.7 Å². The number of anilines is 1. The van der Waals surface area contributed by atoms with Crippen LogP contribution in [-0.2, 0) is 6.42 Å². The van der Waals surface area contributed by atoms with Crippen molar-refractivity contribution in [3.63, 3.8) is 0 Å². The molecule has 1 heterocycles. The summed E-state index contributed by atoms with van der Waals surface area (Å²) < 4.78 is 6.82. The highest BCUT2D eigenvalue weighted by atomic mass is 35.5. The molecule has 0 bridgehead atoms. The highest BCUT2D eigenvalue weighted by Crippen LogP contribution is 2.35. The summed E-state index contributed by atoms with van der Waals surface area (Å²) in [5, 5.41) is 7.24. The number of hydrogen-bond donors (Lipinski definition) is 2. The molecule has 0 saturated carbocycles. The third-order valence-electron chi connectivity index (χ3n) is 4.78. The third kappa shape index (κ3) is 5.65. The van der Waals surface area contributed by atoms with E-state index in [2.05, 4.69) is 22.8 Å². The number of halogens is 1. The van der Waals surface area contributed by atoms with Gasteiger partial charge in [0.1, 0.15) is 10.6 Å². The maximum atomic E-state index is 12.7. The van der Waals surface area contributed by atoms with Crippen LogP contribution in [0.5, 0.6) is 5.75 Å². The number of carbonyl (C=O) groups excluding carboxylic acids is 1. The smallest absolute Gasteiger partial charge is 0.269 e. The molecule has 1 aromatic heterocycles. The quantitative estimate of drug-likeness (QED) is 0.228. The van der Waals surface area contributed by atoms with Gasteiger partial charge in [0.25, 0.3) is 5.91 Å². The Bertz CT molecular complexity index is 1240. The van der Waals surface area contributed by atoms with Gasteiger partial charge in [0.15, 0.2) is 5.11 Å². The minimum absolute atomic E-state index is 0.199. The molecule has 7 heteroatoms. The zero-order chi connectivity index (χ0) is 22.3. The number of carbonyl (C=O) groups is 1. The summed E-state index contributed by atoms with van der Waals surface area (Å²) in [4.78, 5) is 13.1. The predicted octanol–water partition coefficient (Wildman–Crippen LogP) is 6.69. The van der Waals surface area contributed by atoms with Crippen LogP contribution in [0.2, 0.25) is 5.02 Å². The molecule has 32 heavy (non-hydrogen) atoms. The Balaban J connectivity index is 1.30. The SMILES string of the molecule is O=C(NC(=S)Nc1cccc(OCCCc2ccccc2)c1)c1sc2ccccc2c1Cl. The molecular weight excluding hydrogens is 460 g/mol. The van der Waals surface area contributed by atoms with Crippen LogP contribution in [0.4, 0.5) is 5.69 Å². The number of fused-ring (bicyclic) bond motifs is 1. The lowest BCUT2D eigenvalue weighted by molar-refractivity contribution is 0.0982. The van der Waals surface area contributed by atoms with Crippen molar-refractivity contribution < 1.29 is 9.53 Å². The maximum absolute atomic E-state index is 12.7. The van der Waals surface area contributed by atoms with Crippen LogP contribution in [0.15, 0.2) is 78.9 Å². The highest BCUT2D eigenvalue weighted by molar-refractivity contribution is 7.80. The fourth-order valence-corrected chi connectivity index (χ4v) is 4.88. The van der Waals surface area contributed by atoms with E-state index in [0.29, 0.717) is 16.5 Å². The van der Waals surface area contributed by atoms with E-state index in [4.69, 9.17) is 28.6 Å². The van der Waals surface area contributed by atoms with E-state index in [1.54, 1.807) is 0 Å². The molecule has 0 aliphatic heterocycles. The van der Waals surface area contributed by atoms with Gasteiger partial charge in [-0.05, 0) is 48.8 Å². The van der Waals surface area contributed by atoms with Crippen LogP contribution in [0.1, 0.15) is 21.7 Å². The Kier molecular flexibility index (Phi) is 7.37. The number of thiocarbonyl (C=S) groups is 1. The second-order valence-electron chi connectivity index (χ2n) is 7.12. The van der Waals surface area contributed by atoms with E-state index in [-0.39, 0.29) is 11.0 Å². The first-order chi connectivity index (χ1) is 15.6. The molecule has 0 fully saturated rings. The molecular formula is C25H21ClN2O2S2. The Hall–Kier alpha value is -2.93. The topological polar surface area (TPSA) is 50.4 Å². The number of aryl methyl sites for hydroxylation is 1. The Morgan fingerprint density at radius 2 is 1.78 bits per heavy atom. The first kappa shape index (κ1) is 22.3. The van der Waals surface area contributed by atoms with Crippen LogP contribution in [0.25, 0.3) is 10.1 Å². The summed E-state index contributed by atoms with van der Waals surface area (Å²) in [6.45, 7) is 0.615. The number of hydrogen-bond acceptors (Lipinski definition) is 4. The Morgan fingerprint density at radius 1 is 1.00 bits per heavy atom. The van der Waals surface area contributed by atoms with E-state index in [1.165, 1.54) is 16.9 Å². The number of nitrogens with one attached hydrogen (secondary N) is 2. The van der Waals surface area contributed by atoms with Gasteiger partial charge in [0.2, 0.25) is 0 Å². The number of benzene rings is 3. The highest BCUT2D eigenvalue weighted by Gasteiger charge is 2.17.